The highest BCUT2D eigenvalue weighted by Gasteiger charge is 2.23. The highest BCUT2D eigenvalue weighted by molar-refractivity contribution is 5.87. The zero-order valence-corrected chi connectivity index (χ0v) is 16.2. The van der Waals surface area contributed by atoms with Gasteiger partial charge in [0.1, 0.15) is 0 Å². The van der Waals surface area contributed by atoms with Gasteiger partial charge in [-0.05, 0) is 61.2 Å². The van der Waals surface area contributed by atoms with Crippen molar-refractivity contribution in [1.82, 2.24) is 15.0 Å². The van der Waals surface area contributed by atoms with Gasteiger partial charge in [-0.2, -0.15) is 0 Å². The Kier molecular flexibility index (Phi) is 4.01. The van der Waals surface area contributed by atoms with E-state index in [4.69, 9.17) is 0 Å². The maximum atomic E-state index is 4.24. The van der Waals surface area contributed by atoms with Crippen LogP contribution in [0.4, 0.5) is 0 Å². The van der Waals surface area contributed by atoms with Crippen LogP contribution in [0.5, 0.6) is 0 Å². The van der Waals surface area contributed by atoms with Crippen LogP contribution in [0.25, 0.3) is 21.8 Å². The number of hydrogen-bond donors (Lipinski definition) is 2. The maximum absolute atomic E-state index is 4.24. The van der Waals surface area contributed by atoms with Crippen molar-refractivity contribution in [2.45, 2.75) is 26.2 Å². The van der Waals surface area contributed by atoms with Gasteiger partial charge in [0.15, 0.2) is 0 Å². The van der Waals surface area contributed by atoms with Crippen LogP contribution in [0.2, 0.25) is 0 Å². The van der Waals surface area contributed by atoms with E-state index in [1.165, 1.54) is 49.9 Å². The summed E-state index contributed by atoms with van der Waals surface area (Å²) in [5, 5.41) is 2.62. The highest BCUT2D eigenvalue weighted by Crippen LogP contribution is 2.37. The Morgan fingerprint density at radius 1 is 0.750 bits per heavy atom. The summed E-state index contributed by atoms with van der Waals surface area (Å²) < 4.78 is 0. The van der Waals surface area contributed by atoms with Crippen LogP contribution in [-0.4, -0.2) is 15.0 Å². The molecule has 0 radical (unpaired) electrons. The summed E-state index contributed by atoms with van der Waals surface area (Å²) in [5.74, 6) is 0.261. The van der Waals surface area contributed by atoms with Crippen LogP contribution < -0.4 is 0 Å². The van der Waals surface area contributed by atoms with Gasteiger partial charge in [-0.25, -0.2) is 0 Å². The molecule has 0 fully saturated rings. The number of nitrogens with one attached hydrogen (secondary N) is 2. The maximum Gasteiger partial charge on any atom is 0.0459 e. The van der Waals surface area contributed by atoms with Crippen molar-refractivity contribution in [2.75, 3.05) is 0 Å². The van der Waals surface area contributed by atoms with Gasteiger partial charge in [0.05, 0.1) is 0 Å². The summed E-state index contributed by atoms with van der Waals surface area (Å²) in [5.41, 5.74) is 8.96. The molecule has 3 aromatic heterocycles. The highest BCUT2D eigenvalue weighted by atomic mass is 14.7. The Labute approximate surface area is 164 Å². The third kappa shape index (κ3) is 2.71. The van der Waals surface area contributed by atoms with Gasteiger partial charge in [0.2, 0.25) is 0 Å². The summed E-state index contributed by atoms with van der Waals surface area (Å²) in [4.78, 5) is 11.4. The number of pyridine rings is 1. The zero-order valence-electron chi connectivity index (χ0n) is 16.2. The van der Waals surface area contributed by atoms with Crippen LogP contribution in [0.1, 0.15) is 34.0 Å². The van der Waals surface area contributed by atoms with Gasteiger partial charge < -0.3 is 9.97 Å². The van der Waals surface area contributed by atoms with E-state index in [9.17, 15) is 0 Å². The molecule has 3 heterocycles. The molecular weight excluding hydrogens is 342 g/mol. The summed E-state index contributed by atoms with van der Waals surface area (Å²) in [6.07, 6.45) is 4.74. The number of nitrogens with zero attached hydrogens (tertiary/aromatic N) is 1. The number of benzene rings is 2. The smallest absolute Gasteiger partial charge is 0.0459 e. The average molecular weight is 365 g/mol. The molecule has 0 saturated carbocycles. The monoisotopic (exact) mass is 365 g/mol. The lowest BCUT2D eigenvalue weighted by atomic mass is 9.84. The first-order valence-corrected chi connectivity index (χ1v) is 9.75. The number of hydrogen-bond acceptors (Lipinski definition) is 1. The molecule has 5 aromatic rings. The topological polar surface area (TPSA) is 44.5 Å². The number of fused-ring (bicyclic) bond motifs is 2. The molecule has 0 aliphatic rings. The fourth-order valence-electron chi connectivity index (χ4n) is 4.53. The standard InChI is InChI=1S/C25H23N3/c1-16-21(19-7-3-5-9-23(19)27-16)15-22(18-11-13-26-14-12-18)25-17(2)28-24-10-6-4-8-20(24)25/h3-14,22,27-28H,15H2,1-2H3/t22-/m1/s1. The van der Waals surface area contributed by atoms with Gasteiger partial charge in [-0.1, -0.05) is 36.4 Å². The Hall–Kier alpha value is -3.33. The molecule has 2 N–H and O–H groups in total. The molecule has 0 saturated heterocycles. The van der Waals surface area contributed by atoms with Crippen LogP contribution in [0, 0.1) is 13.8 Å². The Morgan fingerprint density at radius 3 is 2.11 bits per heavy atom. The van der Waals surface area contributed by atoms with Crippen LogP contribution >= 0.6 is 0 Å². The second kappa shape index (κ2) is 6.68. The van der Waals surface area contributed by atoms with E-state index < -0.39 is 0 Å². The minimum Gasteiger partial charge on any atom is -0.358 e. The molecular formula is C25H23N3. The van der Waals surface area contributed by atoms with Crippen molar-refractivity contribution in [3.63, 3.8) is 0 Å². The molecule has 0 spiro atoms. The summed E-state index contributed by atoms with van der Waals surface area (Å²) in [7, 11) is 0. The number of para-hydroxylation sites is 2. The van der Waals surface area contributed by atoms with Crippen LogP contribution in [-0.2, 0) is 6.42 Å². The summed E-state index contributed by atoms with van der Waals surface area (Å²) in [6.45, 7) is 4.37. The van der Waals surface area contributed by atoms with E-state index in [0.717, 1.165) is 6.42 Å². The minimum atomic E-state index is 0.261. The molecule has 2 aromatic carbocycles. The average Bonchev–Trinajstić information content (AvgIpc) is 3.22. The second-order valence-electron chi connectivity index (χ2n) is 7.52. The molecule has 3 nitrogen and oxygen atoms in total. The number of aromatic nitrogens is 3. The van der Waals surface area contributed by atoms with Gasteiger partial charge in [-0.3, -0.25) is 4.98 Å². The van der Waals surface area contributed by atoms with Gasteiger partial charge in [-0.15, -0.1) is 0 Å². The van der Waals surface area contributed by atoms with Crippen molar-refractivity contribution < 1.29 is 0 Å². The van der Waals surface area contributed by atoms with Gasteiger partial charge in [0, 0.05) is 51.5 Å². The Balaban J connectivity index is 1.71. The SMILES string of the molecule is Cc1[nH]c2ccccc2c1C[C@H](c1ccncc1)c1c(C)[nH]c2ccccc12. The van der Waals surface area contributed by atoms with Crippen molar-refractivity contribution in [3.05, 3.63) is 101 Å². The lowest BCUT2D eigenvalue weighted by Gasteiger charge is -2.19. The van der Waals surface area contributed by atoms with Crippen molar-refractivity contribution in [2.24, 2.45) is 0 Å². The predicted molar refractivity (Wildman–Crippen MR) is 116 cm³/mol. The molecule has 28 heavy (non-hydrogen) atoms. The number of aromatic amines is 2. The lowest BCUT2D eigenvalue weighted by Crippen LogP contribution is -2.07. The number of aryl methyl sites for hydroxylation is 2. The number of H-pyrrole nitrogens is 2. The van der Waals surface area contributed by atoms with E-state index in [1.807, 2.05) is 12.4 Å². The van der Waals surface area contributed by atoms with Crippen molar-refractivity contribution in [1.29, 1.82) is 0 Å². The van der Waals surface area contributed by atoms with E-state index in [2.05, 4.69) is 89.5 Å². The number of rotatable bonds is 4. The summed E-state index contributed by atoms with van der Waals surface area (Å²) >= 11 is 0. The molecule has 0 amide bonds. The molecule has 0 bridgehead atoms. The van der Waals surface area contributed by atoms with Gasteiger partial charge in [0.25, 0.3) is 0 Å². The first kappa shape index (κ1) is 16.8. The van der Waals surface area contributed by atoms with Crippen molar-refractivity contribution >= 4 is 21.8 Å². The zero-order chi connectivity index (χ0) is 19.1. The van der Waals surface area contributed by atoms with E-state index in [-0.39, 0.29) is 5.92 Å². The first-order valence-electron chi connectivity index (χ1n) is 9.75. The fourth-order valence-corrected chi connectivity index (χ4v) is 4.53. The normalized spacial score (nSPS) is 12.6. The van der Waals surface area contributed by atoms with Gasteiger partial charge >= 0.3 is 0 Å². The van der Waals surface area contributed by atoms with E-state index >= 15 is 0 Å². The molecule has 138 valence electrons. The fraction of sp³-hybridized carbons (Fsp3) is 0.160. The predicted octanol–water partition coefficient (Wildman–Crippen LogP) is 6.04. The molecule has 0 aliphatic heterocycles. The molecule has 5 rings (SSSR count). The van der Waals surface area contributed by atoms with E-state index in [0.29, 0.717) is 0 Å². The third-order valence-corrected chi connectivity index (χ3v) is 5.84. The second-order valence-corrected chi connectivity index (χ2v) is 7.52. The molecule has 0 aliphatic carbocycles. The molecule has 3 heteroatoms. The summed E-state index contributed by atoms with van der Waals surface area (Å²) in [6, 6.07) is 21.5. The molecule has 1 atom stereocenters. The van der Waals surface area contributed by atoms with Crippen molar-refractivity contribution in [3.8, 4) is 0 Å². The lowest BCUT2D eigenvalue weighted by molar-refractivity contribution is 0.801. The first-order chi connectivity index (χ1) is 13.7. The Bertz CT molecular complexity index is 1260. The molecule has 0 unspecified atom stereocenters. The van der Waals surface area contributed by atoms with Crippen LogP contribution in [0.3, 0.4) is 0 Å². The largest absolute Gasteiger partial charge is 0.358 e. The third-order valence-electron chi connectivity index (χ3n) is 5.84. The minimum absolute atomic E-state index is 0.261. The van der Waals surface area contributed by atoms with E-state index in [1.54, 1.807) is 0 Å². The van der Waals surface area contributed by atoms with Crippen LogP contribution in [0.15, 0.2) is 73.1 Å². The quantitative estimate of drug-likeness (QED) is 0.401. The Morgan fingerprint density at radius 2 is 1.36 bits per heavy atom.